The van der Waals surface area contributed by atoms with E-state index in [1.54, 1.807) is 0 Å². The number of rotatable bonds is 5. The largest absolute Gasteiger partial charge is 0.330 e. The number of nitrogens with one attached hydrogen (secondary N) is 1. The molecule has 0 spiro atoms. The van der Waals surface area contributed by atoms with Crippen molar-refractivity contribution in [2.75, 3.05) is 0 Å². The first-order chi connectivity index (χ1) is 8.22. The molecule has 1 unspecified atom stereocenters. The predicted molar refractivity (Wildman–Crippen MR) is 71.9 cm³/mol. The number of para-hydroxylation sites is 2. The van der Waals surface area contributed by atoms with Crippen LogP contribution < -0.4 is 5.32 Å². The molecule has 2 aromatic rings. The third-order valence-electron chi connectivity index (χ3n) is 3.21. The van der Waals surface area contributed by atoms with Gasteiger partial charge < -0.3 is 9.88 Å². The summed E-state index contributed by atoms with van der Waals surface area (Å²) in [4.78, 5) is 4.64. The highest BCUT2D eigenvalue weighted by atomic mass is 15.1. The smallest absolute Gasteiger partial charge is 0.123 e. The Hall–Kier alpha value is -1.35. The molecule has 0 radical (unpaired) electrons. The number of benzene rings is 1. The normalized spacial score (nSPS) is 13.1. The van der Waals surface area contributed by atoms with Crippen molar-refractivity contribution in [3.8, 4) is 0 Å². The number of hydrogen-bond donors (Lipinski definition) is 1. The Morgan fingerprint density at radius 3 is 2.82 bits per heavy atom. The molecule has 92 valence electrons. The molecule has 0 fully saturated rings. The standard InChI is InChI=1S/C14H21N3/c1-4-7-11(2)15-10-14-16-12-8-5-6-9-13(12)17(14)3/h5-6,8-9,11,15H,4,7,10H2,1-3H3. The van der Waals surface area contributed by atoms with Gasteiger partial charge in [-0.3, -0.25) is 0 Å². The van der Waals surface area contributed by atoms with Gasteiger partial charge in [-0.1, -0.05) is 25.5 Å². The highest BCUT2D eigenvalue weighted by molar-refractivity contribution is 5.75. The summed E-state index contributed by atoms with van der Waals surface area (Å²) in [6.07, 6.45) is 2.43. The minimum absolute atomic E-state index is 0.555. The Bertz CT molecular complexity index is 487. The fourth-order valence-corrected chi connectivity index (χ4v) is 2.15. The molecule has 0 amide bonds. The lowest BCUT2D eigenvalue weighted by atomic mass is 10.2. The van der Waals surface area contributed by atoms with Gasteiger partial charge in [0.05, 0.1) is 17.6 Å². The van der Waals surface area contributed by atoms with Crippen LogP contribution in [0.3, 0.4) is 0 Å². The Kier molecular flexibility index (Phi) is 3.79. The predicted octanol–water partition coefficient (Wildman–Crippen LogP) is 2.85. The minimum atomic E-state index is 0.555. The second-order valence-corrected chi connectivity index (χ2v) is 4.65. The zero-order valence-electron chi connectivity index (χ0n) is 10.9. The molecule has 0 bridgehead atoms. The zero-order valence-corrected chi connectivity index (χ0v) is 10.9. The molecule has 3 heteroatoms. The first kappa shape index (κ1) is 12.1. The summed E-state index contributed by atoms with van der Waals surface area (Å²) >= 11 is 0. The SMILES string of the molecule is CCCC(C)NCc1nc2ccccc2n1C. The van der Waals surface area contributed by atoms with E-state index < -0.39 is 0 Å². The van der Waals surface area contributed by atoms with Crippen molar-refractivity contribution in [1.29, 1.82) is 0 Å². The maximum Gasteiger partial charge on any atom is 0.123 e. The van der Waals surface area contributed by atoms with Gasteiger partial charge in [-0.05, 0) is 25.5 Å². The van der Waals surface area contributed by atoms with Crippen LogP contribution in [0.4, 0.5) is 0 Å². The third-order valence-corrected chi connectivity index (χ3v) is 3.21. The lowest BCUT2D eigenvalue weighted by molar-refractivity contribution is 0.495. The van der Waals surface area contributed by atoms with E-state index in [1.807, 2.05) is 6.07 Å². The molecule has 17 heavy (non-hydrogen) atoms. The van der Waals surface area contributed by atoms with E-state index in [0.717, 1.165) is 17.9 Å². The van der Waals surface area contributed by atoms with Gasteiger partial charge in [-0.2, -0.15) is 0 Å². The van der Waals surface area contributed by atoms with Crippen molar-refractivity contribution >= 4 is 11.0 Å². The third kappa shape index (κ3) is 2.67. The Morgan fingerprint density at radius 2 is 2.12 bits per heavy atom. The number of nitrogens with zero attached hydrogens (tertiary/aromatic N) is 2. The second kappa shape index (κ2) is 5.32. The number of hydrogen-bond acceptors (Lipinski definition) is 2. The van der Waals surface area contributed by atoms with Crippen molar-refractivity contribution in [2.45, 2.75) is 39.3 Å². The monoisotopic (exact) mass is 231 g/mol. The van der Waals surface area contributed by atoms with Crippen molar-refractivity contribution in [3.63, 3.8) is 0 Å². The summed E-state index contributed by atoms with van der Waals surface area (Å²) in [6.45, 7) is 5.28. The molecule has 3 nitrogen and oxygen atoms in total. The maximum atomic E-state index is 4.64. The van der Waals surface area contributed by atoms with Crippen LogP contribution >= 0.6 is 0 Å². The molecule has 1 aromatic carbocycles. The van der Waals surface area contributed by atoms with Gasteiger partial charge in [0, 0.05) is 13.1 Å². The molecule has 1 atom stereocenters. The van der Waals surface area contributed by atoms with E-state index in [0.29, 0.717) is 6.04 Å². The zero-order chi connectivity index (χ0) is 12.3. The van der Waals surface area contributed by atoms with Gasteiger partial charge >= 0.3 is 0 Å². The maximum absolute atomic E-state index is 4.64. The van der Waals surface area contributed by atoms with E-state index in [9.17, 15) is 0 Å². The quantitative estimate of drug-likeness (QED) is 0.857. The topological polar surface area (TPSA) is 29.9 Å². The van der Waals surface area contributed by atoms with Gasteiger partial charge in [0.1, 0.15) is 5.82 Å². The van der Waals surface area contributed by atoms with E-state index in [4.69, 9.17) is 0 Å². The average molecular weight is 231 g/mol. The first-order valence-corrected chi connectivity index (χ1v) is 6.36. The lowest BCUT2D eigenvalue weighted by Gasteiger charge is -2.12. The molecule has 0 aliphatic heterocycles. The molecular weight excluding hydrogens is 210 g/mol. The van der Waals surface area contributed by atoms with E-state index >= 15 is 0 Å². The van der Waals surface area contributed by atoms with Crippen LogP contribution in [0.2, 0.25) is 0 Å². The summed E-state index contributed by atoms with van der Waals surface area (Å²) < 4.78 is 2.17. The van der Waals surface area contributed by atoms with Gasteiger partial charge in [-0.25, -0.2) is 4.98 Å². The highest BCUT2D eigenvalue weighted by Crippen LogP contribution is 2.14. The van der Waals surface area contributed by atoms with E-state index in [2.05, 4.69) is 54.0 Å². The summed E-state index contributed by atoms with van der Waals surface area (Å²) in [7, 11) is 2.08. The molecule has 0 saturated carbocycles. The molecule has 2 rings (SSSR count). The summed E-state index contributed by atoms with van der Waals surface area (Å²) in [5, 5.41) is 3.52. The van der Waals surface area contributed by atoms with Crippen LogP contribution in [0.15, 0.2) is 24.3 Å². The van der Waals surface area contributed by atoms with Gasteiger partial charge in [-0.15, -0.1) is 0 Å². The lowest BCUT2D eigenvalue weighted by Crippen LogP contribution is -2.26. The number of fused-ring (bicyclic) bond motifs is 1. The van der Waals surface area contributed by atoms with Crippen LogP contribution in [0.5, 0.6) is 0 Å². The van der Waals surface area contributed by atoms with E-state index in [-0.39, 0.29) is 0 Å². The minimum Gasteiger partial charge on any atom is -0.330 e. The molecule has 1 heterocycles. The first-order valence-electron chi connectivity index (χ1n) is 6.36. The molecule has 0 aliphatic rings. The number of aryl methyl sites for hydroxylation is 1. The van der Waals surface area contributed by atoms with Crippen LogP contribution in [0.1, 0.15) is 32.5 Å². The fourth-order valence-electron chi connectivity index (χ4n) is 2.15. The molecule has 0 saturated heterocycles. The van der Waals surface area contributed by atoms with Gasteiger partial charge in [0.2, 0.25) is 0 Å². The fraction of sp³-hybridized carbons (Fsp3) is 0.500. The Morgan fingerprint density at radius 1 is 1.35 bits per heavy atom. The van der Waals surface area contributed by atoms with Crippen LogP contribution in [0, 0.1) is 0 Å². The summed E-state index contributed by atoms with van der Waals surface area (Å²) in [5.74, 6) is 1.11. The summed E-state index contributed by atoms with van der Waals surface area (Å²) in [6, 6.07) is 8.82. The molecular formula is C14H21N3. The van der Waals surface area contributed by atoms with Crippen LogP contribution in [-0.4, -0.2) is 15.6 Å². The van der Waals surface area contributed by atoms with Gasteiger partial charge in [0.25, 0.3) is 0 Å². The number of aromatic nitrogens is 2. The number of imidazole rings is 1. The van der Waals surface area contributed by atoms with Crippen molar-refractivity contribution in [2.24, 2.45) is 7.05 Å². The van der Waals surface area contributed by atoms with Gasteiger partial charge in [0.15, 0.2) is 0 Å². The van der Waals surface area contributed by atoms with Crippen LogP contribution in [-0.2, 0) is 13.6 Å². The average Bonchev–Trinajstić information content (AvgIpc) is 2.65. The highest BCUT2D eigenvalue weighted by Gasteiger charge is 2.07. The Labute approximate surface area is 103 Å². The van der Waals surface area contributed by atoms with E-state index in [1.165, 1.54) is 18.4 Å². The summed E-state index contributed by atoms with van der Waals surface area (Å²) in [5.41, 5.74) is 2.28. The Balaban J connectivity index is 2.11. The molecule has 1 N–H and O–H groups in total. The van der Waals surface area contributed by atoms with Crippen molar-refractivity contribution < 1.29 is 0 Å². The van der Waals surface area contributed by atoms with Crippen molar-refractivity contribution in [3.05, 3.63) is 30.1 Å². The second-order valence-electron chi connectivity index (χ2n) is 4.65. The molecule has 1 aromatic heterocycles. The molecule has 0 aliphatic carbocycles. The van der Waals surface area contributed by atoms with Crippen LogP contribution in [0.25, 0.3) is 11.0 Å². The van der Waals surface area contributed by atoms with Crippen molar-refractivity contribution in [1.82, 2.24) is 14.9 Å².